The molecule has 0 aliphatic heterocycles. The van der Waals surface area contributed by atoms with Gasteiger partial charge in [0.15, 0.2) is 16.0 Å². The van der Waals surface area contributed by atoms with E-state index in [1.54, 1.807) is 11.8 Å². The third kappa shape index (κ3) is 1.59. The number of hydrogen-bond donors (Lipinski definition) is 1. The summed E-state index contributed by atoms with van der Waals surface area (Å²) in [5, 5.41) is 1.66. The fourth-order valence-electron chi connectivity index (χ4n) is 1.18. The van der Waals surface area contributed by atoms with Crippen LogP contribution in [0.2, 0.25) is 0 Å². The Hall–Kier alpha value is -0.750. The van der Waals surface area contributed by atoms with Gasteiger partial charge < -0.3 is 4.98 Å². The number of thioether (sulfide) groups is 2. The van der Waals surface area contributed by atoms with Gasteiger partial charge in [-0.05, 0) is 19.4 Å². The Balaban J connectivity index is 2.67. The molecule has 2 aromatic heterocycles. The van der Waals surface area contributed by atoms with Gasteiger partial charge in [-0.2, -0.15) is 0 Å². The quantitative estimate of drug-likeness (QED) is 0.628. The lowest BCUT2D eigenvalue weighted by Gasteiger charge is -1.96. The molecule has 74 valence electrons. The number of nitrogens with zero attached hydrogens (tertiary/aromatic N) is 3. The van der Waals surface area contributed by atoms with E-state index in [2.05, 4.69) is 19.9 Å². The second-order valence-electron chi connectivity index (χ2n) is 2.74. The molecule has 0 aromatic carbocycles. The molecule has 0 saturated heterocycles. The molecule has 14 heavy (non-hydrogen) atoms. The molecule has 0 fully saturated rings. The van der Waals surface area contributed by atoms with Crippen LogP contribution in [-0.2, 0) is 0 Å². The van der Waals surface area contributed by atoms with Gasteiger partial charge in [0.25, 0.3) is 0 Å². The topological polar surface area (TPSA) is 54.5 Å². The second-order valence-corrected chi connectivity index (χ2v) is 4.31. The Morgan fingerprint density at radius 1 is 1.07 bits per heavy atom. The predicted octanol–water partition coefficient (Wildman–Crippen LogP) is 2.11. The Labute approximate surface area is 90.3 Å². The molecule has 6 heteroatoms. The van der Waals surface area contributed by atoms with Gasteiger partial charge in [0.1, 0.15) is 5.52 Å². The number of aromatic nitrogens is 4. The second kappa shape index (κ2) is 3.78. The summed E-state index contributed by atoms with van der Waals surface area (Å²) < 4.78 is 0. The average Bonchev–Trinajstić information content (AvgIpc) is 2.61. The molecule has 0 bridgehead atoms. The standard InChI is InChI=1S/C8H10N4S2/c1-4-5-6(11-7(9-4)13-2)12-8(10-5)14-3/h1-3H3,(H,9,10,11,12). The van der Waals surface area contributed by atoms with E-state index in [0.29, 0.717) is 0 Å². The molecule has 0 amide bonds. The van der Waals surface area contributed by atoms with Crippen molar-refractivity contribution in [2.45, 2.75) is 17.2 Å². The zero-order valence-corrected chi connectivity index (χ0v) is 9.79. The van der Waals surface area contributed by atoms with Crippen molar-refractivity contribution in [2.24, 2.45) is 0 Å². The molecule has 0 saturated carbocycles. The van der Waals surface area contributed by atoms with E-state index in [-0.39, 0.29) is 0 Å². The smallest absolute Gasteiger partial charge is 0.189 e. The first-order valence-electron chi connectivity index (χ1n) is 4.07. The molecule has 0 aliphatic rings. The number of fused-ring (bicyclic) bond motifs is 1. The van der Waals surface area contributed by atoms with Crippen LogP contribution in [0.5, 0.6) is 0 Å². The van der Waals surface area contributed by atoms with E-state index in [1.807, 2.05) is 19.4 Å². The molecule has 0 unspecified atom stereocenters. The zero-order chi connectivity index (χ0) is 10.1. The summed E-state index contributed by atoms with van der Waals surface area (Å²) in [6.45, 7) is 1.96. The first kappa shape index (κ1) is 9.79. The average molecular weight is 226 g/mol. The van der Waals surface area contributed by atoms with Gasteiger partial charge in [-0.25, -0.2) is 15.0 Å². The van der Waals surface area contributed by atoms with Crippen LogP contribution in [0.25, 0.3) is 11.2 Å². The fourth-order valence-corrected chi connectivity index (χ4v) is 1.97. The Kier molecular flexibility index (Phi) is 2.64. The molecule has 0 radical (unpaired) electrons. The van der Waals surface area contributed by atoms with E-state index in [0.717, 1.165) is 27.2 Å². The van der Waals surface area contributed by atoms with Gasteiger partial charge in [-0.15, -0.1) is 0 Å². The number of rotatable bonds is 2. The highest BCUT2D eigenvalue weighted by molar-refractivity contribution is 7.98. The van der Waals surface area contributed by atoms with Crippen LogP contribution < -0.4 is 0 Å². The van der Waals surface area contributed by atoms with E-state index in [1.165, 1.54) is 11.8 Å². The van der Waals surface area contributed by atoms with Gasteiger partial charge in [0, 0.05) is 0 Å². The van der Waals surface area contributed by atoms with E-state index in [4.69, 9.17) is 0 Å². The number of imidazole rings is 1. The minimum Gasteiger partial charge on any atom is -0.330 e. The van der Waals surface area contributed by atoms with Crippen LogP contribution in [0, 0.1) is 6.92 Å². The lowest BCUT2D eigenvalue weighted by molar-refractivity contribution is 0.962. The van der Waals surface area contributed by atoms with Crippen molar-refractivity contribution in [3.05, 3.63) is 5.69 Å². The molecule has 2 rings (SSSR count). The van der Waals surface area contributed by atoms with Crippen molar-refractivity contribution >= 4 is 34.7 Å². The molecule has 0 atom stereocenters. The molecule has 0 aliphatic carbocycles. The van der Waals surface area contributed by atoms with Crippen LogP contribution in [0.1, 0.15) is 5.69 Å². The van der Waals surface area contributed by atoms with Crippen LogP contribution in [-0.4, -0.2) is 32.4 Å². The number of aromatic amines is 1. The number of H-pyrrole nitrogens is 1. The van der Waals surface area contributed by atoms with Gasteiger partial charge in [-0.1, -0.05) is 23.5 Å². The SMILES string of the molecule is CSc1nc(C)c2[nH]c(SC)nc2n1. The molecule has 4 nitrogen and oxygen atoms in total. The highest BCUT2D eigenvalue weighted by Gasteiger charge is 2.08. The van der Waals surface area contributed by atoms with Crippen molar-refractivity contribution < 1.29 is 0 Å². The van der Waals surface area contributed by atoms with Gasteiger partial charge in [0.05, 0.1) is 5.69 Å². The Bertz CT molecular complexity index is 466. The number of hydrogen-bond acceptors (Lipinski definition) is 5. The maximum absolute atomic E-state index is 4.34. The van der Waals surface area contributed by atoms with Crippen molar-refractivity contribution in [3.63, 3.8) is 0 Å². The van der Waals surface area contributed by atoms with Gasteiger partial charge in [0.2, 0.25) is 0 Å². The summed E-state index contributed by atoms with van der Waals surface area (Å²) in [5.74, 6) is 0. The fraction of sp³-hybridized carbons (Fsp3) is 0.375. The van der Waals surface area contributed by atoms with Crippen molar-refractivity contribution in [1.82, 2.24) is 19.9 Å². The molecular formula is C8H10N4S2. The highest BCUT2D eigenvalue weighted by atomic mass is 32.2. The van der Waals surface area contributed by atoms with E-state index >= 15 is 0 Å². The molecule has 0 spiro atoms. The summed E-state index contributed by atoms with van der Waals surface area (Å²) in [6.07, 6.45) is 3.94. The maximum atomic E-state index is 4.34. The van der Waals surface area contributed by atoms with Crippen molar-refractivity contribution in [3.8, 4) is 0 Å². The van der Waals surface area contributed by atoms with Gasteiger partial charge >= 0.3 is 0 Å². The highest BCUT2D eigenvalue weighted by Crippen LogP contribution is 2.20. The van der Waals surface area contributed by atoms with Crippen LogP contribution in [0.3, 0.4) is 0 Å². The maximum Gasteiger partial charge on any atom is 0.189 e. The summed E-state index contributed by atoms with van der Waals surface area (Å²) in [6, 6.07) is 0. The first-order valence-corrected chi connectivity index (χ1v) is 6.52. The Morgan fingerprint density at radius 2 is 1.86 bits per heavy atom. The summed E-state index contributed by atoms with van der Waals surface area (Å²) in [4.78, 5) is 16.2. The summed E-state index contributed by atoms with van der Waals surface area (Å²) >= 11 is 3.11. The number of aryl methyl sites for hydroxylation is 1. The molecule has 1 N–H and O–H groups in total. The normalized spacial score (nSPS) is 11.1. The molecule has 2 aromatic rings. The summed E-state index contributed by atoms with van der Waals surface area (Å²) in [5.41, 5.74) is 2.64. The first-order chi connectivity index (χ1) is 6.74. The third-order valence-corrected chi connectivity index (χ3v) is 2.99. The molecule has 2 heterocycles. The minimum absolute atomic E-state index is 0.756. The van der Waals surface area contributed by atoms with Crippen molar-refractivity contribution in [1.29, 1.82) is 0 Å². The molecular weight excluding hydrogens is 216 g/mol. The van der Waals surface area contributed by atoms with Crippen LogP contribution in [0.4, 0.5) is 0 Å². The minimum atomic E-state index is 0.756. The van der Waals surface area contributed by atoms with E-state index in [9.17, 15) is 0 Å². The predicted molar refractivity (Wildman–Crippen MR) is 60.0 cm³/mol. The number of nitrogens with one attached hydrogen (secondary N) is 1. The monoisotopic (exact) mass is 226 g/mol. The van der Waals surface area contributed by atoms with Crippen molar-refractivity contribution in [2.75, 3.05) is 12.5 Å². The van der Waals surface area contributed by atoms with E-state index < -0.39 is 0 Å². The lowest BCUT2D eigenvalue weighted by Crippen LogP contribution is -1.90. The van der Waals surface area contributed by atoms with Crippen LogP contribution >= 0.6 is 23.5 Å². The lowest BCUT2D eigenvalue weighted by atomic mass is 10.4. The third-order valence-electron chi connectivity index (χ3n) is 1.87. The Morgan fingerprint density at radius 3 is 2.50 bits per heavy atom. The summed E-state index contributed by atoms with van der Waals surface area (Å²) in [7, 11) is 0. The van der Waals surface area contributed by atoms with Gasteiger partial charge in [-0.3, -0.25) is 0 Å². The largest absolute Gasteiger partial charge is 0.330 e. The zero-order valence-electron chi connectivity index (χ0n) is 8.16. The van der Waals surface area contributed by atoms with Crippen LogP contribution in [0.15, 0.2) is 10.3 Å².